The first-order valence-corrected chi connectivity index (χ1v) is 7.95. The SMILES string of the molecule is C=CC(=O)OC(c1cc(C)cc(C(C)(C)C)c1)c1ccccc1O. The summed E-state index contributed by atoms with van der Waals surface area (Å²) >= 11 is 0. The molecule has 0 radical (unpaired) electrons. The molecule has 0 heterocycles. The van der Waals surface area contributed by atoms with Gasteiger partial charge in [0.25, 0.3) is 0 Å². The summed E-state index contributed by atoms with van der Waals surface area (Å²) in [6, 6.07) is 13.0. The van der Waals surface area contributed by atoms with Gasteiger partial charge in [-0.2, -0.15) is 0 Å². The van der Waals surface area contributed by atoms with Crippen LogP contribution in [0, 0.1) is 6.92 Å². The van der Waals surface area contributed by atoms with Crippen LogP contribution in [0.25, 0.3) is 0 Å². The van der Waals surface area contributed by atoms with Crippen molar-refractivity contribution in [3.8, 4) is 5.75 Å². The van der Waals surface area contributed by atoms with Gasteiger partial charge in [0.15, 0.2) is 6.10 Å². The van der Waals surface area contributed by atoms with E-state index in [2.05, 4.69) is 33.4 Å². The van der Waals surface area contributed by atoms with E-state index >= 15 is 0 Å². The van der Waals surface area contributed by atoms with E-state index in [0.29, 0.717) is 5.56 Å². The van der Waals surface area contributed by atoms with Crippen molar-refractivity contribution in [1.82, 2.24) is 0 Å². The normalized spacial score (nSPS) is 12.5. The predicted octanol–water partition coefficient (Wildman–Crippen LogP) is 4.82. The molecule has 0 amide bonds. The number of hydrogen-bond acceptors (Lipinski definition) is 3. The molecule has 1 atom stereocenters. The maximum atomic E-state index is 11.8. The Hall–Kier alpha value is -2.55. The second-order valence-corrected chi connectivity index (χ2v) is 6.96. The van der Waals surface area contributed by atoms with E-state index in [9.17, 15) is 9.90 Å². The van der Waals surface area contributed by atoms with Crippen molar-refractivity contribution < 1.29 is 14.6 Å². The molecule has 2 aromatic rings. The van der Waals surface area contributed by atoms with Gasteiger partial charge in [0.1, 0.15) is 5.75 Å². The number of phenols is 1. The molecule has 0 aliphatic rings. The number of carbonyl (C=O) groups is 1. The highest BCUT2D eigenvalue weighted by Gasteiger charge is 2.23. The second kappa shape index (κ2) is 6.91. The van der Waals surface area contributed by atoms with E-state index in [0.717, 1.165) is 22.8 Å². The van der Waals surface area contributed by atoms with Gasteiger partial charge >= 0.3 is 5.97 Å². The molecular formula is C21H24O3. The standard InChI is InChI=1S/C21H24O3/c1-6-19(23)24-20(17-9-7-8-10-18(17)22)15-11-14(2)12-16(13-15)21(3,4)5/h6-13,20,22H,1H2,2-5H3. The van der Waals surface area contributed by atoms with Crippen molar-refractivity contribution in [3.05, 3.63) is 77.4 Å². The monoisotopic (exact) mass is 324 g/mol. The van der Waals surface area contributed by atoms with Crippen LogP contribution < -0.4 is 0 Å². The molecule has 0 aliphatic heterocycles. The van der Waals surface area contributed by atoms with Crippen LogP contribution in [0.3, 0.4) is 0 Å². The van der Waals surface area contributed by atoms with Gasteiger partial charge in [0.2, 0.25) is 0 Å². The first-order chi connectivity index (χ1) is 11.2. The third kappa shape index (κ3) is 4.05. The number of benzene rings is 2. The van der Waals surface area contributed by atoms with Gasteiger partial charge in [0.05, 0.1) is 0 Å². The highest BCUT2D eigenvalue weighted by molar-refractivity contribution is 5.81. The lowest BCUT2D eigenvalue weighted by Gasteiger charge is -2.24. The summed E-state index contributed by atoms with van der Waals surface area (Å²) in [6.07, 6.45) is 0.450. The van der Waals surface area contributed by atoms with Crippen LogP contribution >= 0.6 is 0 Å². The third-order valence-electron chi connectivity index (χ3n) is 3.89. The number of esters is 1. The second-order valence-electron chi connectivity index (χ2n) is 6.96. The predicted molar refractivity (Wildman–Crippen MR) is 96.1 cm³/mol. The molecule has 2 rings (SSSR count). The van der Waals surface area contributed by atoms with Gasteiger partial charge in [-0.3, -0.25) is 0 Å². The molecule has 0 bridgehead atoms. The van der Waals surface area contributed by atoms with Gasteiger partial charge in [-0.05, 0) is 29.5 Å². The summed E-state index contributed by atoms with van der Waals surface area (Å²) in [4.78, 5) is 11.8. The average Bonchev–Trinajstić information content (AvgIpc) is 2.51. The molecule has 0 spiro atoms. The zero-order chi connectivity index (χ0) is 17.9. The molecule has 0 aliphatic carbocycles. The third-order valence-corrected chi connectivity index (χ3v) is 3.89. The Bertz CT molecular complexity index is 754. The van der Waals surface area contributed by atoms with Crippen molar-refractivity contribution in [3.63, 3.8) is 0 Å². The number of ether oxygens (including phenoxy) is 1. The van der Waals surface area contributed by atoms with Crippen LogP contribution in [0.4, 0.5) is 0 Å². The Labute approximate surface area is 143 Å². The minimum absolute atomic E-state index is 0.0352. The zero-order valence-electron chi connectivity index (χ0n) is 14.7. The Kier molecular flexibility index (Phi) is 5.13. The quantitative estimate of drug-likeness (QED) is 0.648. The molecule has 0 fully saturated rings. The van der Waals surface area contributed by atoms with E-state index in [1.807, 2.05) is 25.1 Å². The molecule has 1 unspecified atom stereocenters. The topological polar surface area (TPSA) is 46.5 Å². The van der Waals surface area contributed by atoms with Gasteiger partial charge in [-0.1, -0.05) is 69.3 Å². The summed E-state index contributed by atoms with van der Waals surface area (Å²) in [5.74, 6) is -0.430. The van der Waals surface area contributed by atoms with Gasteiger partial charge < -0.3 is 9.84 Å². The Morgan fingerprint density at radius 2 is 1.88 bits per heavy atom. The van der Waals surface area contributed by atoms with Gasteiger partial charge in [-0.25, -0.2) is 4.79 Å². The van der Waals surface area contributed by atoms with Crippen LogP contribution in [0.15, 0.2) is 55.1 Å². The minimum Gasteiger partial charge on any atom is -0.508 e. The maximum absolute atomic E-state index is 11.8. The van der Waals surface area contributed by atoms with Crippen LogP contribution in [0.1, 0.15) is 49.1 Å². The fraction of sp³-hybridized carbons (Fsp3) is 0.286. The molecule has 24 heavy (non-hydrogen) atoms. The molecular weight excluding hydrogens is 300 g/mol. The summed E-state index contributed by atoms with van der Waals surface area (Å²) in [5, 5.41) is 10.2. The van der Waals surface area contributed by atoms with Crippen molar-refractivity contribution in [2.45, 2.75) is 39.2 Å². The smallest absolute Gasteiger partial charge is 0.331 e. The largest absolute Gasteiger partial charge is 0.508 e. The molecule has 1 N–H and O–H groups in total. The number of aromatic hydroxyl groups is 1. The molecule has 3 nitrogen and oxygen atoms in total. The average molecular weight is 324 g/mol. The number of aryl methyl sites for hydroxylation is 1. The lowest BCUT2D eigenvalue weighted by molar-refractivity contribution is -0.141. The lowest BCUT2D eigenvalue weighted by atomic mass is 9.84. The van der Waals surface area contributed by atoms with Crippen LogP contribution in [-0.2, 0) is 14.9 Å². The number of phenolic OH excluding ortho intramolecular Hbond substituents is 1. The summed E-state index contributed by atoms with van der Waals surface area (Å²) in [7, 11) is 0. The van der Waals surface area contributed by atoms with Crippen LogP contribution in [0.2, 0.25) is 0 Å². The Morgan fingerprint density at radius 3 is 2.46 bits per heavy atom. The zero-order valence-corrected chi connectivity index (χ0v) is 14.7. The highest BCUT2D eigenvalue weighted by atomic mass is 16.5. The Morgan fingerprint density at radius 1 is 1.21 bits per heavy atom. The fourth-order valence-corrected chi connectivity index (χ4v) is 2.58. The minimum atomic E-state index is -0.683. The number of hydrogen-bond donors (Lipinski definition) is 1. The van der Waals surface area contributed by atoms with Crippen molar-refractivity contribution >= 4 is 5.97 Å². The first-order valence-electron chi connectivity index (χ1n) is 7.95. The van der Waals surface area contributed by atoms with E-state index in [-0.39, 0.29) is 11.2 Å². The number of rotatable bonds is 4. The molecule has 0 saturated carbocycles. The molecule has 0 aromatic heterocycles. The molecule has 3 heteroatoms. The lowest BCUT2D eigenvalue weighted by Crippen LogP contribution is -2.15. The van der Waals surface area contributed by atoms with E-state index in [1.165, 1.54) is 0 Å². The number of para-hydroxylation sites is 1. The van der Waals surface area contributed by atoms with Crippen molar-refractivity contribution in [2.24, 2.45) is 0 Å². The van der Waals surface area contributed by atoms with Gasteiger partial charge in [-0.15, -0.1) is 0 Å². The number of carbonyl (C=O) groups excluding carboxylic acids is 1. The van der Waals surface area contributed by atoms with Gasteiger partial charge in [0, 0.05) is 11.6 Å². The van der Waals surface area contributed by atoms with E-state index in [4.69, 9.17) is 4.74 Å². The highest BCUT2D eigenvalue weighted by Crippen LogP contribution is 2.35. The summed E-state index contributed by atoms with van der Waals surface area (Å²) < 4.78 is 5.56. The van der Waals surface area contributed by atoms with Crippen molar-refractivity contribution in [2.75, 3.05) is 0 Å². The van der Waals surface area contributed by atoms with Crippen molar-refractivity contribution in [1.29, 1.82) is 0 Å². The van der Waals surface area contributed by atoms with E-state index < -0.39 is 12.1 Å². The van der Waals surface area contributed by atoms with Crippen LogP contribution in [0.5, 0.6) is 5.75 Å². The Balaban J connectivity index is 2.60. The van der Waals surface area contributed by atoms with Crippen LogP contribution in [-0.4, -0.2) is 11.1 Å². The fourth-order valence-electron chi connectivity index (χ4n) is 2.58. The maximum Gasteiger partial charge on any atom is 0.331 e. The molecule has 0 saturated heterocycles. The first kappa shape index (κ1) is 17.8. The van der Waals surface area contributed by atoms with E-state index in [1.54, 1.807) is 18.2 Å². The summed E-state index contributed by atoms with van der Waals surface area (Å²) in [5.41, 5.74) is 3.57. The molecule has 126 valence electrons. The molecule has 2 aromatic carbocycles. The summed E-state index contributed by atoms with van der Waals surface area (Å²) in [6.45, 7) is 11.9.